The summed E-state index contributed by atoms with van der Waals surface area (Å²) < 4.78 is 0. The molecule has 1 aliphatic rings. The SMILES string of the molecule is Cc1cc2nc(NC(=O)[C@H]3C[C@H](N)CN3C(=O)CN)[nH]c2cc1C. The Morgan fingerprint density at radius 3 is 2.79 bits per heavy atom. The molecule has 2 heterocycles. The van der Waals surface area contributed by atoms with E-state index in [1.165, 1.54) is 4.90 Å². The monoisotopic (exact) mass is 330 g/mol. The van der Waals surface area contributed by atoms with E-state index in [-0.39, 0.29) is 24.4 Å². The van der Waals surface area contributed by atoms with Gasteiger partial charge in [0.1, 0.15) is 6.04 Å². The molecule has 1 saturated heterocycles. The zero-order valence-corrected chi connectivity index (χ0v) is 13.8. The Balaban J connectivity index is 1.80. The van der Waals surface area contributed by atoms with E-state index >= 15 is 0 Å². The second-order valence-electron chi connectivity index (χ2n) is 6.29. The topological polar surface area (TPSA) is 130 Å². The number of amides is 2. The van der Waals surface area contributed by atoms with Crippen LogP contribution < -0.4 is 16.8 Å². The van der Waals surface area contributed by atoms with Gasteiger partial charge in [-0.25, -0.2) is 4.98 Å². The fourth-order valence-corrected chi connectivity index (χ4v) is 3.04. The van der Waals surface area contributed by atoms with Crippen molar-refractivity contribution in [1.29, 1.82) is 0 Å². The predicted molar refractivity (Wildman–Crippen MR) is 91.3 cm³/mol. The molecular weight excluding hydrogens is 308 g/mol. The number of carbonyl (C=O) groups excluding carboxylic acids is 2. The van der Waals surface area contributed by atoms with Crippen LogP contribution in [0.15, 0.2) is 12.1 Å². The van der Waals surface area contributed by atoms with E-state index in [2.05, 4.69) is 15.3 Å². The molecule has 128 valence electrons. The largest absolute Gasteiger partial charge is 0.328 e. The molecule has 0 saturated carbocycles. The summed E-state index contributed by atoms with van der Waals surface area (Å²) in [5.41, 5.74) is 15.2. The van der Waals surface area contributed by atoms with Gasteiger partial charge >= 0.3 is 0 Å². The van der Waals surface area contributed by atoms with E-state index in [4.69, 9.17) is 11.5 Å². The van der Waals surface area contributed by atoms with E-state index in [0.29, 0.717) is 18.9 Å². The first-order valence-corrected chi connectivity index (χ1v) is 7.92. The average molecular weight is 330 g/mol. The number of hydrogen-bond donors (Lipinski definition) is 4. The molecule has 8 nitrogen and oxygen atoms in total. The second-order valence-corrected chi connectivity index (χ2v) is 6.29. The normalized spacial score (nSPS) is 20.6. The van der Waals surface area contributed by atoms with E-state index in [1.54, 1.807) is 0 Å². The Labute approximate surface area is 139 Å². The standard InChI is InChI=1S/C16H22N6O2/c1-8-3-11-12(4-9(8)2)20-16(19-11)21-15(24)13-5-10(18)7-22(13)14(23)6-17/h3-4,10,13H,5-7,17-18H2,1-2H3,(H2,19,20,21,24)/t10-,13+/m0/s1. The number of anilines is 1. The van der Waals surface area contributed by atoms with Gasteiger partial charge in [-0.05, 0) is 43.5 Å². The zero-order valence-electron chi connectivity index (χ0n) is 13.8. The van der Waals surface area contributed by atoms with Gasteiger partial charge in [0.25, 0.3) is 0 Å². The van der Waals surface area contributed by atoms with Crippen LogP contribution in [0.25, 0.3) is 11.0 Å². The van der Waals surface area contributed by atoms with Crippen LogP contribution in [0.5, 0.6) is 0 Å². The first kappa shape index (κ1) is 16.4. The summed E-state index contributed by atoms with van der Waals surface area (Å²) in [6.07, 6.45) is 0.413. The van der Waals surface area contributed by atoms with Gasteiger partial charge < -0.3 is 21.4 Å². The number of H-pyrrole nitrogens is 1. The highest BCUT2D eigenvalue weighted by molar-refractivity contribution is 5.97. The lowest BCUT2D eigenvalue weighted by molar-refractivity contribution is -0.135. The Kier molecular flexibility index (Phi) is 4.25. The molecule has 2 atom stereocenters. The van der Waals surface area contributed by atoms with Crippen LogP contribution >= 0.6 is 0 Å². The molecule has 0 unspecified atom stereocenters. The molecule has 0 aliphatic carbocycles. The average Bonchev–Trinajstić information content (AvgIpc) is 3.10. The van der Waals surface area contributed by atoms with Gasteiger partial charge in [-0.2, -0.15) is 0 Å². The number of likely N-dealkylation sites (tertiary alicyclic amines) is 1. The highest BCUT2D eigenvalue weighted by Crippen LogP contribution is 2.21. The third kappa shape index (κ3) is 2.98. The Morgan fingerprint density at radius 2 is 2.08 bits per heavy atom. The summed E-state index contributed by atoms with van der Waals surface area (Å²) in [5, 5.41) is 2.75. The van der Waals surface area contributed by atoms with E-state index in [0.717, 1.165) is 22.2 Å². The highest BCUT2D eigenvalue weighted by Gasteiger charge is 2.37. The summed E-state index contributed by atoms with van der Waals surface area (Å²) >= 11 is 0. The molecule has 1 aliphatic heterocycles. The molecule has 0 bridgehead atoms. The molecule has 1 fully saturated rings. The van der Waals surface area contributed by atoms with Crippen LogP contribution in [0.1, 0.15) is 17.5 Å². The molecule has 8 heteroatoms. The zero-order chi connectivity index (χ0) is 17.4. The summed E-state index contributed by atoms with van der Waals surface area (Å²) in [4.78, 5) is 33.3. The van der Waals surface area contributed by atoms with Crippen LogP contribution in [0, 0.1) is 13.8 Å². The third-order valence-electron chi connectivity index (χ3n) is 4.47. The number of carbonyl (C=O) groups is 2. The lowest BCUT2D eigenvalue weighted by atomic mass is 10.1. The van der Waals surface area contributed by atoms with Crippen LogP contribution in [-0.4, -0.2) is 51.9 Å². The molecular formula is C16H22N6O2. The Bertz CT molecular complexity index is 760. The third-order valence-corrected chi connectivity index (χ3v) is 4.47. The number of fused-ring (bicyclic) bond motifs is 1. The Hall–Kier alpha value is -2.45. The summed E-state index contributed by atoms with van der Waals surface area (Å²) in [7, 11) is 0. The van der Waals surface area contributed by atoms with Crippen molar-refractivity contribution in [2.75, 3.05) is 18.4 Å². The minimum absolute atomic E-state index is 0.139. The number of nitrogens with one attached hydrogen (secondary N) is 2. The van der Waals surface area contributed by atoms with Gasteiger partial charge in [0.05, 0.1) is 17.6 Å². The van der Waals surface area contributed by atoms with Gasteiger partial charge in [0, 0.05) is 12.6 Å². The molecule has 1 aromatic carbocycles. The van der Waals surface area contributed by atoms with E-state index in [1.807, 2.05) is 26.0 Å². The Morgan fingerprint density at radius 1 is 1.38 bits per heavy atom. The molecule has 0 radical (unpaired) electrons. The minimum Gasteiger partial charge on any atom is -0.328 e. The maximum Gasteiger partial charge on any atom is 0.249 e. The van der Waals surface area contributed by atoms with Gasteiger partial charge in [-0.3, -0.25) is 14.9 Å². The van der Waals surface area contributed by atoms with Crippen molar-refractivity contribution in [3.05, 3.63) is 23.3 Å². The van der Waals surface area contributed by atoms with Crippen molar-refractivity contribution in [2.45, 2.75) is 32.4 Å². The maximum absolute atomic E-state index is 12.5. The van der Waals surface area contributed by atoms with Crippen molar-refractivity contribution < 1.29 is 9.59 Å². The lowest BCUT2D eigenvalue weighted by Gasteiger charge is -2.22. The lowest BCUT2D eigenvalue weighted by Crippen LogP contribution is -2.45. The molecule has 2 aromatic rings. The molecule has 1 aromatic heterocycles. The second kappa shape index (κ2) is 6.21. The summed E-state index contributed by atoms with van der Waals surface area (Å²) in [5.74, 6) is -0.225. The first-order chi connectivity index (χ1) is 11.4. The van der Waals surface area contributed by atoms with Gasteiger partial charge in [0.15, 0.2) is 0 Å². The van der Waals surface area contributed by atoms with Crippen molar-refractivity contribution >= 4 is 28.8 Å². The number of nitrogens with two attached hydrogens (primary N) is 2. The fraction of sp³-hybridized carbons (Fsp3) is 0.438. The highest BCUT2D eigenvalue weighted by atomic mass is 16.2. The van der Waals surface area contributed by atoms with E-state index in [9.17, 15) is 9.59 Å². The van der Waals surface area contributed by atoms with E-state index < -0.39 is 6.04 Å². The number of aromatic nitrogens is 2. The van der Waals surface area contributed by atoms with Crippen molar-refractivity contribution in [3.63, 3.8) is 0 Å². The van der Waals surface area contributed by atoms with Crippen molar-refractivity contribution in [2.24, 2.45) is 11.5 Å². The predicted octanol–water partition coefficient (Wildman–Crippen LogP) is 0.00514. The number of nitrogens with zero attached hydrogens (tertiary/aromatic N) is 2. The number of hydrogen-bond acceptors (Lipinski definition) is 5. The number of aryl methyl sites for hydroxylation is 2. The molecule has 24 heavy (non-hydrogen) atoms. The smallest absolute Gasteiger partial charge is 0.249 e. The maximum atomic E-state index is 12.5. The number of imidazole rings is 1. The van der Waals surface area contributed by atoms with Crippen molar-refractivity contribution in [1.82, 2.24) is 14.9 Å². The van der Waals surface area contributed by atoms with Gasteiger partial charge in [-0.1, -0.05) is 0 Å². The van der Waals surface area contributed by atoms with Crippen molar-refractivity contribution in [3.8, 4) is 0 Å². The summed E-state index contributed by atoms with van der Waals surface area (Å²) in [6.45, 7) is 4.23. The molecule has 0 spiro atoms. The van der Waals surface area contributed by atoms with Crippen LogP contribution in [0.4, 0.5) is 5.95 Å². The van der Waals surface area contributed by atoms with Gasteiger partial charge in [-0.15, -0.1) is 0 Å². The fourth-order valence-electron chi connectivity index (χ4n) is 3.04. The minimum atomic E-state index is -0.618. The number of rotatable bonds is 3. The first-order valence-electron chi connectivity index (χ1n) is 7.92. The van der Waals surface area contributed by atoms with Crippen LogP contribution in [-0.2, 0) is 9.59 Å². The summed E-state index contributed by atoms with van der Waals surface area (Å²) in [6, 6.07) is 3.11. The molecule has 2 amide bonds. The molecule has 6 N–H and O–H groups in total. The number of benzene rings is 1. The van der Waals surface area contributed by atoms with Crippen LogP contribution in [0.2, 0.25) is 0 Å². The molecule has 3 rings (SSSR count). The quantitative estimate of drug-likeness (QED) is 0.629. The number of aromatic amines is 1. The van der Waals surface area contributed by atoms with Gasteiger partial charge in [0.2, 0.25) is 17.8 Å². The van der Waals surface area contributed by atoms with Crippen LogP contribution in [0.3, 0.4) is 0 Å².